The second-order valence-corrected chi connectivity index (χ2v) is 7.18. The first-order valence-corrected chi connectivity index (χ1v) is 8.87. The third-order valence-corrected chi connectivity index (χ3v) is 4.96. The van der Waals surface area contributed by atoms with Gasteiger partial charge in [-0.2, -0.15) is 0 Å². The molecule has 1 aliphatic heterocycles. The Morgan fingerprint density at radius 1 is 1.19 bits per heavy atom. The summed E-state index contributed by atoms with van der Waals surface area (Å²) in [4.78, 5) is 0. The molecule has 26 heavy (non-hydrogen) atoms. The van der Waals surface area contributed by atoms with Crippen LogP contribution >= 0.6 is 11.6 Å². The van der Waals surface area contributed by atoms with Crippen LogP contribution in [0.3, 0.4) is 0 Å². The van der Waals surface area contributed by atoms with Crippen molar-refractivity contribution >= 4 is 11.6 Å². The van der Waals surface area contributed by atoms with Crippen LogP contribution in [-0.4, -0.2) is 53.6 Å². The highest BCUT2D eigenvalue weighted by atomic mass is 35.5. The van der Waals surface area contributed by atoms with E-state index in [2.05, 4.69) is 25.8 Å². The zero-order valence-corrected chi connectivity index (χ0v) is 15.2. The van der Waals surface area contributed by atoms with Crippen molar-refractivity contribution in [1.29, 1.82) is 0 Å². The van der Waals surface area contributed by atoms with Crippen molar-refractivity contribution in [3.8, 4) is 11.4 Å². The number of rotatable bonds is 6. The number of aryl methyl sites for hydroxylation is 1. The maximum Gasteiger partial charge on any atom is 0.163 e. The van der Waals surface area contributed by atoms with Gasteiger partial charge in [-0.05, 0) is 37.1 Å². The van der Waals surface area contributed by atoms with Crippen LogP contribution in [0.25, 0.3) is 11.4 Å². The summed E-state index contributed by atoms with van der Waals surface area (Å²) in [6.45, 7) is 1.77. The van der Waals surface area contributed by atoms with Crippen LogP contribution < -0.4 is 5.32 Å². The van der Waals surface area contributed by atoms with E-state index in [1.165, 1.54) is 0 Å². The Balaban J connectivity index is 1.44. The Morgan fingerprint density at radius 3 is 2.65 bits per heavy atom. The van der Waals surface area contributed by atoms with E-state index in [0.29, 0.717) is 37.5 Å². The molecule has 0 unspecified atom stereocenters. The first kappa shape index (κ1) is 17.1. The molecule has 0 amide bonds. The third kappa shape index (κ3) is 3.48. The van der Waals surface area contributed by atoms with Gasteiger partial charge >= 0.3 is 0 Å². The minimum Gasteiger partial charge on any atom is -0.387 e. The molecule has 0 bridgehead atoms. The Bertz CT molecular complexity index is 898. The van der Waals surface area contributed by atoms with Crippen LogP contribution in [0.5, 0.6) is 0 Å². The molecule has 4 rings (SSSR count). The number of aromatic nitrogens is 6. The lowest BCUT2D eigenvalue weighted by atomic mass is 9.91. The quantitative estimate of drug-likeness (QED) is 0.670. The Hall–Kier alpha value is -2.29. The van der Waals surface area contributed by atoms with Gasteiger partial charge in [-0.3, -0.25) is 0 Å². The average Bonchev–Trinajstić information content (AvgIpc) is 3.20. The number of nitrogens with one attached hydrogen (secondary N) is 1. The van der Waals surface area contributed by atoms with Gasteiger partial charge < -0.3 is 15.0 Å². The topological polar surface area (TPSA) is 93.7 Å². The largest absolute Gasteiger partial charge is 0.387 e. The van der Waals surface area contributed by atoms with Gasteiger partial charge in [0.2, 0.25) is 0 Å². The Morgan fingerprint density at radius 2 is 1.96 bits per heavy atom. The molecule has 3 aromatic rings. The predicted molar refractivity (Wildman–Crippen MR) is 96.7 cm³/mol. The molecule has 0 atom stereocenters. The highest BCUT2D eigenvalue weighted by Crippen LogP contribution is 2.20. The van der Waals surface area contributed by atoms with E-state index in [9.17, 15) is 5.11 Å². The van der Waals surface area contributed by atoms with E-state index in [-0.39, 0.29) is 0 Å². The lowest BCUT2D eigenvalue weighted by molar-refractivity contribution is -0.0169. The molecule has 1 saturated heterocycles. The van der Waals surface area contributed by atoms with E-state index >= 15 is 0 Å². The highest BCUT2D eigenvalue weighted by molar-refractivity contribution is 6.30. The smallest absolute Gasteiger partial charge is 0.163 e. The van der Waals surface area contributed by atoms with Crippen LogP contribution in [-0.2, 0) is 20.0 Å². The minimum absolute atomic E-state index is 0.482. The van der Waals surface area contributed by atoms with Crippen LogP contribution in [0.4, 0.5) is 0 Å². The summed E-state index contributed by atoms with van der Waals surface area (Å²) in [7, 11) is 1.93. The maximum absolute atomic E-state index is 10.1. The minimum atomic E-state index is -0.596. The summed E-state index contributed by atoms with van der Waals surface area (Å²) in [6, 6.07) is 7.51. The first-order chi connectivity index (χ1) is 12.5. The second kappa shape index (κ2) is 6.79. The van der Waals surface area contributed by atoms with Crippen molar-refractivity contribution < 1.29 is 5.11 Å². The van der Waals surface area contributed by atoms with Crippen LogP contribution in [0.15, 0.2) is 30.5 Å². The lowest BCUT2D eigenvalue weighted by Crippen LogP contribution is -2.59. The van der Waals surface area contributed by atoms with Gasteiger partial charge in [0, 0.05) is 36.9 Å². The number of β-amino-alcohol motifs (C(OH)–C–C–N with tert-alkyl or cyclic N) is 1. The molecular formula is C17H20ClN7O. The summed E-state index contributed by atoms with van der Waals surface area (Å²) in [6.07, 6.45) is 3.28. The molecule has 8 nitrogen and oxygen atoms in total. The molecule has 0 saturated carbocycles. The fourth-order valence-electron chi connectivity index (χ4n) is 2.98. The number of hydrogen-bond donors (Lipinski definition) is 2. The molecule has 2 N–H and O–H groups in total. The molecule has 9 heteroatoms. The van der Waals surface area contributed by atoms with Crippen molar-refractivity contribution in [2.24, 2.45) is 7.05 Å². The fraction of sp³-hybridized carbons (Fsp3) is 0.412. The molecule has 3 heterocycles. The van der Waals surface area contributed by atoms with Gasteiger partial charge in [-0.25, -0.2) is 4.68 Å². The monoisotopic (exact) mass is 373 g/mol. The zero-order chi connectivity index (χ0) is 18.1. The lowest BCUT2D eigenvalue weighted by Gasteiger charge is -2.37. The second-order valence-electron chi connectivity index (χ2n) is 6.74. The van der Waals surface area contributed by atoms with Gasteiger partial charge in [0.25, 0.3) is 0 Å². The number of nitrogens with zero attached hydrogens (tertiary/aromatic N) is 6. The fourth-order valence-corrected chi connectivity index (χ4v) is 3.10. The van der Waals surface area contributed by atoms with Crippen LogP contribution in [0.1, 0.15) is 17.9 Å². The van der Waals surface area contributed by atoms with Crippen molar-refractivity contribution in [1.82, 2.24) is 35.1 Å². The summed E-state index contributed by atoms with van der Waals surface area (Å²) < 4.78 is 3.68. The van der Waals surface area contributed by atoms with Crippen molar-refractivity contribution in [2.45, 2.75) is 25.0 Å². The average molecular weight is 374 g/mol. The SMILES string of the molecule is Cn1c(Cn2cc(CCC3(O)CNC3)nn2)nnc1-c1ccc(Cl)cc1. The standard InChI is InChI=1S/C17H20ClN7O/c1-24-15(21-22-16(24)12-2-4-13(18)5-3-12)9-25-8-14(20-23-25)6-7-17(26)10-19-11-17/h2-5,8,19,26H,6-7,9-11H2,1H3. The number of hydrogen-bond acceptors (Lipinski definition) is 6. The van der Waals surface area contributed by atoms with Crippen LogP contribution in [0, 0.1) is 0 Å². The van der Waals surface area contributed by atoms with Gasteiger partial charge in [-0.15, -0.1) is 15.3 Å². The molecule has 136 valence electrons. The zero-order valence-electron chi connectivity index (χ0n) is 14.4. The van der Waals surface area contributed by atoms with Crippen molar-refractivity contribution in [3.05, 3.63) is 47.0 Å². The van der Waals surface area contributed by atoms with E-state index in [0.717, 1.165) is 22.9 Å². The van der Waals surface area contributed by atoms with Crippen molar-refractivity contribution in [2.75, 3.05) is 13.1 Å². The van der Waals surface area contributed by atoms with Gasteiger partial charge in [0.05, 0.1) is 11.3 Å². The number of aliphatic hydroxyl groups is 1. The Kier molecular flexibility index (Phi) is 4.47. The summed E-state index contributed by atoms with van der Waals surface area (Å²) in [5.74, 6) is 1.56. The normalized spacial score (nSPS) is 15.8. The Labute approximate surface area is 155 Å². The number of benzene rings is 1. The van der Waals surface area contributed by atoms with E-state index in [4.69, 9.17) is 11.6 Å². The highest BCUT2D eigenvalue weighted by Gasteiger charge is 2.33. The molecule has 0 radical (unpaired) electrons. The summed E-state index contributed by atoms with van der Waals surface area (Å²) in [5, 5.41) is 30.8. The van der Waals surface area contributed by atoms with Gasteiger partial charge in [0.1, 0.15) is 6.54 Å². The molecule has 1 aromatic carbocycles. The van der Waals surface area contributed by atoms with E-state index in [1.54, 1.807) is 4.68 Å². The first-order valence-electron chi connectivity index (χ1n) is 8.49. The molecule has 2 aromatic heterocycles. The number of halogens is 1. The molecule has 0 aliphatic carbocycles. The molecule has 0 spiro atoms. The third-order valence-electron chi connectivity index (χ3n) is 4.71. The predicted octanol–water partition coefficient (Wildman–Crippen LogP) is 1.04. The van der Waals surface area contributed by atoms with Gasteiger partial charge in [0.15, 0.2) is 11.6 Å². The van der Waals surface area contributed by atoms with Crippen molar-refractivity contribution in [3.63, 3.8) is 0 Å². The molecule has 1 fully saturated rings. The molecule has 1 aliphatic rings. The van der Waals surface area contributed by atoms with Crippen LogP contribution in [0.2, 0.25) is 5.02 Å². The molecular weight excluding hydrogens is 354 g/mol. The van der Waals surface area contributed by atoms with E-state index < -0.39 is 5.60 Å². The van der Waals surface area contributed by atoms with Gasteiger partial charge in [-0.1, -0.05) is 16.8 Å². The summed E-state index contributed by atoms with van der Waals surface area (Å²) in [5.41, 5.74) is 1.23. The van der Waals surface area contributed by atoms with E-state index in [1.807, 2.05) is 42.1 Å². The summed E-state index contributed by atoms with van der Waals surface area (Å²) >= 11 is 5.94. The maximum atomic E-state index is 10.1.